The zero-order valence-corrected chi connectivity index (χ0v) is 12.0. The Labute approximate surface area is 108 Å². The molecule has 0 bridgehead atoms. The van der Waals surface area contributed by atoms with Crippen molar-refractivity contribution in [1.29, 1.82) is 0 Å². The summed E-state index contributed by atoms with van der Waals surface area (Å²) < 4.78 is 20.9. The molecule has 5 heteroatoms. The number of carbonyl (C=O) groups is 1. The van der Waals surface area contributed by atoms with Gasteiger partial charge < -0.3 is 4.74 Å². The van der Waals surface area contributed by atoms with Crippen LogP contribution in [0.15, 0.2) is 24.3 Å². The average Bonchev–Trinajstić information content (AvgIpc) is 2.28. The van der Waals surface area contributed by atoms with Crippen molar-refractivity contribution in [2.24, 2.45) is 0 Å². The van der Waals surface area contributed by atoms with Crippen LogP contribution in [-0.4, -0.2) is 12.3 Å². The molecule has 0 aromatic heterocycles. The molecule has 0 aliphatic carbocycles. The summed E-state index contributed by atoms with van der Waals surface area (Å²) in [5, 5.41) is 0. The summed E-state index contributed by atoms with van der Waals surface area (Å²) >= 11 is 0. The fourth-order valence-electron chi connectivity index (χ4n) is 1.33. The number of ether oxygens (including phenoxy) is 1. The molecule has 4 nitrogen and oxygen atoms in total. The Bertz CT molecular complexity index is 431. The molecule has 0 heterocycles. The quantitative estimate of drug-likeness (QED) is 0.766. The molecule has 0 aliphatic rings. The average molecular weight is 269 g/mol. The maximum absolute atomic E-state index is 11.4. The summed E-state index contributed by atoms with van der Waals surface area (Å²) in [5.41, 5.74) is 0.325. The van der Waals surface area contributed by atoms with Crippen molar-refractivity contribution in [2.75, 3.05) is 6.61 Å². The monoisotopic (exact) mass is 269 g/mol. The highest BCUT2D eigenvalue weighted by atomic mass is 31.1. The topological polar surface area (TPSA) is 52.6 Å². The minimum absolute atomic E-state index is 0.0407. The first-order valence-corrected chi connectivity index (χ1v) is 6.95. The fraction of sp³-hybridized carbons (Fsp3) is 0.462. The minimum Gasteiger partial charge on any atom is -0.386 e. The molecule has 0 aliphatic heterocycles. The molecule has 1 atom stereocenters. The molecule has 0 amide bonds. The normalized spacial score (nSPS) is 12.1. The molecule has 0 radical (unpaired) electrons. The predicted molar refractivity (Wildman–Crippen MR) is 70.4 cm³/mol. The zero-order valence-electron chi connectivity index (χ0n) is 11.1. The lowest BCUT2D eigenvalue weighted by Gasteiger charge is -2.18. The second-order valence-corrected chi connectivity index (χ2v) is 5.95. The summed E-state index contributed by atoms with van der Waals surface area (Å²) in [6.07, 6.45) is 0. The molecule has 1 rings (SSSR count). The van der Waals surface area contributed by atoms with Gasteiger partial charge in [0.2, 0.25) is 0 Å². The van der Waals surface area contributed by atoms with Crippen LogP contribution in [0.5, 0.6) is 5.75 Å². The van der Waals surface area contributed by atoms with Crippen LogP contribution in [0.1, 0.15) is 33.3 Å². The lowest BCUT2D eigenvalue weighted by Crippen LogP contribution is -2.10. The van der Waals surface area contributed by atoms with E-state index < -0.39 is 13.7 Å². The Hall–Kier alpha value is -1.25. The SMILES string of the molecule is CCO[P+](=O)C(=O)Oc1ccc(C(C)(C)C)cc1. The van der Waals surface area contributed by atoms with Gasteiger partial charge in [-0.2, -0.15) is 4.79 Å². The first-order chi connectivity index (χ1) is 8.34. The van der Waals surface area contributed by atoms with Crippen molar-refractivity contribution in [3.05, 3.63) is 29.8 Å². The van der Waals surface area contributed by atoms with E-state index in [0.717, 1.165) is 5.56 Å². The van der Waals surface area contributed by atoms with Crippen LogP contribution >= 0.6 is 8.03 Å². The van der Waals surface area contributed by atoms with E-state index in [2.05, 4.69) is 25.3 Å². The summed E-state index contributed by atoms with van der Waals surface area (Å²) in [6.45, 7) is 8.17. The predicted octanol–water partition coefficient (Wildman–Crippen LogP) is 4.26. The van der Waals surface area contributed by atoms with E-state index in [1.165, 1.54) is 0 Å². The molecule has 0 fully saturated rings. The van der Waals surface area contributed by atoms with Crippen molar-refractivity contribution in [2.45, 2.75) is 33.1 Å². The van der Waals surface area contributed by atoms with Crippen LogP contribution in [0.3, 0.4) is 0 Å². The minimum atomic E-state index is -2.41. The van der Waals surface area contributed by atoms with Crippen LogP contribution in [-0.2, 0) is 14.5 Å². The van der Waals surface area contributed by atoms with Crippen molar-refractivity contribution in [3.63, 3.8) is 0 Å². The number of carbonyl (C=O) groups excluding carboxylic acids is 1. The summed E-state index contributed by atoms with van der Waals surface area (Å²) in [6, 6.07) is 7.15. The van der Waals surface area contributed by atoms with E-state index in [1.807, 2.05) is 12.1 Å². The molecule has 1 aromatic carbocycles. The van der Waals surface area contributed by atoms with Gasteiger partial charge in [0.05, 0.1) is 0 Å². The van der Waals surface area contributed by atoms with E-state index in [4.69, 9.17) is 4.74 Å². The molecule has 1 unspecified atom stereocenters. The fourth-order valence-corrected chi connectivity index (χ4v) is 1.85. The molecule has 0 spiro atoms. The second kappa shape index (κ2) is 6.07. The summed E-state index contributed by atoms with van der Waals surface area (Å²) in [7, 11) is -2.41. The third kappa shape index (κ3) is 4.21. The maximum Gasteiger partial charge on any atom is 0.636 e. The van der Waals surface area contributed by atoms with E-state index in [-0.39, 0.29) is 12.0 Å². The Balaban J connectivity index is 2.70. The van der Waals surface area contributed by atoms with Crippen molar-refractivity contribution >= 4 is 13.7 Å². The Morgan fingerprint density at radius 3 is 2.22 bits per heavy atom. The highest BCUT2D eigenvalue weighted by Crippen LogP contribution is 2.28. The van der Waals surface area contributed by atoms with Crippen LogP contribution < -0.4 is 4.74 Å². The lowest BCUT2D eigenvalue weighted by molar-refractivity contribution is 0.218. The maximum atomic E-state index is 11.4. The largest absolute Gasteiger partial charge is 0.636 e. The molecule has 0 N–H and O–H groups in total. The Morgan fingerprint density at radius 1 is 1.22 bits per heavy atom. The van der Waals surface area contributed by atoms with E-state index in [0.29, 0.717) is 5.75 Å². The van der Waals surface area contributed by atoms with E-state index in [9.17, 15) is 9.36 Å². The number of benzene rings is 1. The first-order valence-electron chi connectivity index (χ1n) is 5.77. The molecule has 98 valence electrons. The van der Waals surface area contributed by atoms with Gasteiger partial charge >= 0.3 is 13.7 Å². The Kier molecular flexibility index (Phi) is 5.00. The Morgan fingerprint density at radius 2 is 1.78 bits per heavy atom. The highest BCUT2D eigenvalue weighted by Gasteiger charge is 2.33. The van der Waals surface area contributed by atoms with Gasteiger partial charge in [0.25, 0.3) is 0 Å². The molecular formula is C13H18O4P+. The zero-order chi connectivity index (χ0) is 13.8. The molecule has 1 aromatic rings. The van der Waals surface area contributed by atoms with Crippen molar-refractivity contribution in [1.82, 2.24) is 0 Å². The third-order valence-corrected chi connectivity index (χ3v) is 3.20. The van der Waals surface area contributed by atoms with Gasteiger partial charge in [-0.3, -0.25) is 0 Å². The second-order valence-electron chi connectivity index (χ2n) is 4.82. The first kappa shape index (κ1) is 14.8. The van der Waals surface area contributed by atoms with Gasteiger partial charge in [0.15, 0.2) is 0 Å². The van der Waals surface area contributed by atoms with E-state index >= 15 is 0 Å². The lowest BCUT2D eigenvalue weighted by atomic mass is 9.87. The van der Waals surface area contributed by atoms with Gasteiger partial charge in [0, 0.05) is 0 Å². The molecule has 0 saturated carbocycles. The van der Waals surface area contributed by atoms with Crippen LogP contribution in [0.4, 0.5) is 4.79 Å². The van der Waals surface area contributed by atoms with Gasteiger partial charge in [-0.15, -0.1) is 4.52 Å². The molecule has 18 heavy (non-hydrogen) atoms. The highest BCUT2D eigenvalue weighted by molar-refractivity contribution is 7.58. The summed E-state index contributed by atoms with van der Waals surface area (Å²) in [4.78, 5) is 11.4. The third-order valence-electron chi connectivity index (χ3n) is 2.32. The van der Waals surface area contributed by atoms with Gasteiger partial charge in [-0.25, -0.2) is 0 Å². The standard InChI is InChI=1S/C13H18O4P/c1-5-16-18(15)12(14)17-11-8-6-10(7-9-11)13(2,3)4/h6-9H,5H2,1-4H3/q+1. The number of hydrogen-bond acceptors (Lipinski definition) is 4. The number of hydrogen-bond donors (Lipinski definition) is 0. The van der Waals surface area contributed by atoms with Crippen LogP contribution in [0.25, 0.3) is 0 Å². The number of rotatable bonds is 4. The van der Waals surface area contributed by atoms with Crippen molar-refractivity contribution < 1.29 is 18.6 Å². The smallest absolute Gasteiger partial charge is 0.386 e. The van der Waals surface area contributed by atoms with E-state index in [1.54, 1.807) is 19.1 Å². The van der Waals surface area contributed by atoms with Gasteiger partial charge in [-0.1, -0.05) is 32.9 Å². The van der Waals surface area contributed by atoms with Gasteiger partial charge in [-0.05, 0) is 34.6 Å². The van der Waals surface area contributed by atoms with Crippen molar-refractivity contribution in [3.8, 4) is 5.75 Å². The molecule has 0 saturated heterocycles. The van der Waals surface area contributed by atoms with Crippen LogP contribution in [0.2, 0.25) is 0 Å². The van der Waals surface area contributed by atoms with Crippen LogP contribution in [0, 0.1) is 0 Å². The molecular weight excluding hydrogens is 251 g/mol. The van der Waals surface area contributed by atoms with Gasteiger partial charge in [0.1, 0.15) is 12.4 Å². The summed E-state index contributed by atoms with van der Waals surface area (Å²) in [5.74, 6) is 0.371.